The summed E-state index contributed by atoms with van der Waals surface area (Å²) in [6.45, 7) is 0.541. The standard InChI is InChI=1S/C18H15ClF2N2O2S/c19-11-3-8-14(15(10-11)23-9-1-2-16(23)24)17(25)22-12-4-6-13(7-5-12)26-18(20)21/h3-8,10,18H,1-2,9H2,(H,22,25). The van der Waals surface area contributed by atoms with Gasteiger partial charge < -0.3 is 10.2 Å². The van der Waals surface area contributed by atoms with Crippen molar-refractivity contribution in [2.45, 2.75) is 23.5 Å². The first-order chi connectivity index (χ1) is 12.4. The second-order valence-electron chi connectivity index (χ2n) is 5.67. The van der Waals surface area contributed by atoms with E-state index in [1.165, 1.54) is 12.1 Å². The maximum Gasteiger partial charge on any atom is 0.288 e. The molecule has 1 aliphatic rings. The maximum atomic E-state index is 12.7. The molecule has 136 valence electrons. The van der Waals surface area contributed by atoms with Crippen LogP contribution in [0.5, 0.6) is 0 Å². The van der Waals surface area contributed by atoms with Gasteiger partial charge in [0.25, 0.3) is 11.7 Å². The number of halogens is 3. The van der Waals surface area contributed by atoms with Crippen LogP contribution in [0.4, 0.5) is 20.2 Å². The normalized spacial score (nSPS) is 14.2. The molecule has 1 fully saturated rings. The fourth-order valence-electron chi connectivity index (χ4n) is 2.74. The molecular weight excluding hydrogens is 382 g/mol. The summed E-state index contributed by atoms with van der Waals surface area (Å²) in [5, 5.41) is 3.16. The Morgan fingerprint density at radius 1 is 1.19 bits per heavy atom. The zero-order chi connectivity index (χ0) is 18.7. The molecule has 0 aromatic heterocycles. The third-order valence-corrected chi connectivity index (χ3v) is 4.86. The first kappa shape index (κ1) is 18.7. The highest BCUT2D eigenvalue weighted by molar-refractivity contribution is 7.99. The number of hydrogen-bond acceptors (Lipinski definition) is 3. The number of amides is 2. The third-order valence-electron chi connectivity index (χ3n) is 3.91. The molecule has 2 amide bonds. The van der Waals surface area contributed by atoms with E-state index >= 15 is 0 Å². The molecule has 0 bridgehead atoms. The molecule has 1 saturated heterocycles. The molecule has 0 spiro atoms. The van der Waals surface area contributed by atoms with E-state index in [0.29, 0.717) is 51.6 Å². The Balaban J connectivity index is 1.80. The van der Waals surface area contributed by atoms with Crippen molar-refractivity contribution in [3.63, 3.8) is 0 Å². The van der Waals surface area contributed by atoms with Crippen LogP contribution in [0, 0.1) is 0 Å². The Morgan fingerprint density at radius 2 is 1.92 bits per heavy atom. The lowest BCUT2D eigenvalue weighted by Gasteiger charge is -2.19. The van der Waals surface area contributed by atoms with Crippen molar-refractivity contribution < 1.29 is 18.4 Å². The highest BCUT2D eigenvalue weighted by atomic mass is 35.5. The topological polar surface area (TPSA) is 49.4 Å². The Kier molecular flexibility index (Phi) is 5.78. The summed E-state index contributed by atoms with van der Waals surface area (Å²) in [6.07, 6.45) is 1.17. The number of carbonyl (C=O) groups excluding carboxylic acids is 2. The van der Waals surface area contributed by atoms with E-state index in [-0.39, 0.29) is 5.91 Å². The van der Waals surface area contributed by atoms with Gasteiger partial charge in [-0.3, -0.25) is 9.59 Å². The van der Waals surface area contributed by atoms with E-state index < -0.39 is 11.7 Å². The van der Waals surface area contributed by atoms with Gasteiger partial charge >= 0.3 is 0 Å². The van der Waals surface area contributed by atoms with E-state index in [2.05, 4.69) is 5.32 Å². The summed E-state index contributed by atoms with van der Waals surface area (Å²) in [6, 6.07) is 10.9. The summed E-state index contributed by atoms with van der Waals surface area (Å²) in [7, 11) is 0. The summed E-state index contributed by atoms with van der Waals surface area (Å²) in [5.41, 5.74) is 1.28. The van der Waals surface area contributed by atoms with Gasteiger partial charge in [0.1, 0.15) is 0 Å². The minimum Gasteiger partial charge on any atom is -0.322 e. The zero-order valence-electron chi connectivity index (χ0n) is 13.5. The number of anilines is 2. The minimum atomic E-state index is -2.50. The van der Waals surface area contributed by atoms with Crippen molar-refractivity contribution >= 4 is 46.6 Å². The van der Waals surface area contributed by atoms with Gasteiger partial charge in [0.05, 0.1) is 11.3 Å². The van der Waals surface area contributed by atoms with Gasteiger partial charge in [-0.25, -0.2) is 0 Å². The number of carbonyl (C=O) groups is 2. The molecule has 0 unspecified atom stereocenters. The second kappa shape index (κ2) is 8.05. The van der Waals surface area contributed by atoms with Gasteiger partial charge in [-0.1, -0.05) is 23.4 Å². The van der Waals surface area contributed by atoms with Crippen LogP contribution in [-0.2, 0) is 4.79 Å². The molecule has 4 nitrogen and oxygen atoms in total. The smallest absolute Gasteiger partial charge is 0.288 e. The zero-order valence-corrected chi connectivity index (χ0v) is 15.1. The average Bonchev–Trinajstić information content (AvgIpc) is 3.02. The molecule has 0 aliphatic carbocycles. The van der Waals surface area contributed by atoms with E-state index in [0.717, 1.165) is 6.42 Å². The number of benzene rings is 2. The molecule has 3 rings (SSSR count). The third kappa shape index (κ3) is 4.34. The number of hydrogen-bond donors (Lipinski definition) is 1. The van der Waals surface area contributed by atoms with Crippen LogP contribution < -0.4 is 10.2 Å². The number of nitrogens with zero attached hydrogens (tertiary/aromatic N) is 1. The predicted octanol–water partition coefficient (Wildman–Crippen LogP) is 5.03. The molecule has 1 heterocycles. The van der Waals surface area contributed by atoms with Gasteiger partial charge in [-0.05, 0) is 48.9 Å². The van der Waals surface area contributed by atoms with Crippen LogP contribution in [0.2, 0.25) is 5.02 Å². The maximum absolute atomic E-state index is 12.7. The monoisotopic (exact) mass is 396 g/mol. The summed E-state index contributed by atoms with van der Waals surface area (Å²) in [4.78, 5) is 26.7. The molecule has 0 saturated carbocycles. The number of rotatable bonds is 5. The van der Waals surface area contributed by atoms with Crippen LogP contribution in [0.3, 0.4) is 0 Å². The average molecular weight is 397 g/mol. The molecule has 2 aromatic carbocycles. The molecular formula is C18H15ClF2N2O2S. The van der Waals surface area contributed by atoms with Crippen molar-refractivity contribution in [2.75, 3.05) is 16.8 Å². The van der Waals surface area contributed by atoms with E-state index in [4.69, 9.17) is 11.6 Å². The van der Waals surface area contributed by atoms with Crippen molar-refractivity contribution in [1.82, 2.24) is 0 Å². The number of alkyl halides is 2. The summed E-state index contributed by atoms with van der Waals surface area (Å²) < 4.78 is 24.7. The van der Waals surface area contributed by atoms with Crippen LogP contribution in [-0.4, -0.2) is 24.1 Å². The second-order valence-corrected chi connectivity index (χ2v) is 7.17. The van der Waals surface area contributed by atoms with Crippen molar-refractivity contribution in [2.24, 2.45) is 0 Å². The minimum absolute atomic E-state index is 0.0466. The first-order valence-electron chi connectivity index (χ1n) is 7.90. The quantitative estimate of drug-likeness (QED) is 0.721. The van der Waals surface area contributed by atoms with Crippen molar-refractivity contribution in [3.05, 3.63) is 53.1 Å². The van der Waals surface area contributed by atoms with Gasteiger partial charge in [0.2, 0.25) is 5.91 Å². The number of thioether (sulfide) groups is 1. The summed E-state index contributed by atoms with van der Waals surface area (Å²) in [5.74, 6) is -2.94. The molecule has 1 N–H and O–H groups in total. The fourth-order valence-corrected chi connectivity index (χ4v) is 3.41. The Morgan fingerprint density at radius 3 is 2.54 bits per heavy atom. The Bertz CT molecular complexity index is 830. The number of nitrogens with one attached hydrogen (secondary N) is 1. The molecule has 2 aromatic rings. The van der Waals surface area contributed by atoms with Crippen molar-refractivity contribution in [1.29, 1.82) is 0 Å². The molecule has 1 aliphatic heterocycles. The van der Waals surface area contributed by atoms with Crippen LogP contribution >= 0.6 is 23.4 Å². The largest absolute Gasteiger partial charge is 0.322 e. The highest BCUT2D eigenvalue weighted by Gasteiger charge is 2.26. The lowest BCUT2D eigenvalue weighted by Crippen LogP contribution is -2.27. The Hall–Kier alpha value is -2.12. The van der Waals surface area contributed by atoms with Gasteiger partial charge in [0, 0.05) is 28.6 Å². The van der Waals surface area contributed by atoms with Crippen LogP contribution in [0.15, 0.2) is 47.4 Å². The van der Waals surface area contributed by atoms with Crippen molar-refractivity contribution in [3.8, 4) is 0 Å². The van der Waals surface area contributed by atoms with Crippen LogP contribution in [0.1, 0.15) is 23.2 Å². The van der Waals surface area contributed by atoms with E-state index in [1.54, 1.807) is 35.2 Å². The highest BCUT2D eigenvalue weighted by Crippen LogP contribution is 2.30. The lowest BCUT2D eigenvalue weighted by molar-refractivity contribution is -0.117. The fraction of sp³-hybridized carbons (Fsp3) is 0.222. The lowest BCUT2D eigenvalue weighted by atomic mass is 10.1. The molecule has 0 radical (unpaired) electrons. The van der Waals surface area contributed by atoms with Gasteiger partial charge in [-0.15, -0.1) is 0 Å². The Labute approximate surface area is 158 Å². The van der Waals surface area contributed by atoms with E-state index in [1.807, 2.05) is 0 Å². The van der Waals surface area contributed by atoms with Crippen LogP contribution in [0.25, 0.3) is 0 Å². The van der Waals surface area contributed by atoms with Gasteiger partial charge in [-0.2, -0.15) is 8.78 Å². The SMILES string of the molecule is O=C(Nc1ccc(SC(F)F)cc1)c1ccc(Cl)cc1N1CCCC1=O. The molecule has 0 atom stereocenters. The first-order valence-corrected chi connectivity index (χ1v) is 9.16. The van der Waals surface area contributed by atoms with E-state index in [9.17, 15) is 18.4 Å². The molecule has 26 heavy (non-hydrogen) atoms. The van der Waals surface area contributed by atoms with Gasteiger partial charge in [0.15, 0.2) is 0 Å². The summed E-state index contributed by atoms with van der Waals surface area (Å²) >= 11 is 6.47. The predicted molar refractivity (Wildman–Crippen MR) is 99.3 cm³/mol. The molecule has 8 heteroatoms.